The number of thiazole rings is 1. The highest BCUT2D eigenvalue weighted by Gasteiger charge is 2.04. The number of hydrogen-bond donors (Lipinski definition) is 1. The minimum atomic E-state index is 0.979. The van der Waals surface area contributed by atoms with Gasteiger partial charge in [-0.15, -0.1) is 11.3 Å². The maximum atomic E-state index is 4.59. The Labute approximate surface area is 112 Å². The van der Waals surface area contributed by atoms with Crippen LogP contribution in [0.2, 0.25) is 0 Å². The quantitative estimate of drug-likeness (QED) is 0.889. The molecular weight excluding hydrogens is 242 g/mol. The van der Waals surface area contributed by atoms with Gasteiger partial charge in [-0.05, 0) is 18.6 Å². The summed E-state index contributed by atoms with van der Waals surface area (Å²) in [6.07, 6.45) is 1.12. The number of nitrogens with one attached hydrogen (secondary N) is 1. The Morgan fingerprint density at radius 3 is 2.56 bits per heavy atom. The molecule has 2 rings (SSSR count). The van der Waals surface area contributed by atoms with Gasteiger partial charge in [0.15, 0.2) is 5.13 Å². The van der Waals surface area contributed by atoms with Crippen molar-refractivity contribution in [3.63, 3.8) is 0 Å². The normalized spacial score (nSPS) is 10.4. The van der Waals surface area contributed by atoms with Gasteiger partial charge < -0.3 is 10.2 Å². The molecule has 0 aliphatic heterocycles. The summed E-state index contributed by atoms with van der Waals surface area (Å²) in [7, 11) is 4.09. The summed E-state index contributed by atoms with van der Waals surface area (Å²) in [5.74, 6) is 0. The second-order valence-electron chi connectivity index (χ2n) is 4.41. The van der Waals surface area contributed by atoms with Crippen LogP contribution in [0.15, 0.2) is 29.6 Å². The van der Waals surface area contributed by atoms with Gasteiger partial charge in [0.1, 0.15) is 0 Å². The first-order chi connectivity index (χ1) is 8.70. The largest absolute Gasteiger partial charge is 0.378 e. The molecule has 0 aliphatic carbocycles. The molecule has 1 aromatic heterocycles. The summed E-state index contributed by atoms with van der Waals surface area (Å²) in [5, 5.41) is 6.42. The topological polar surface area (TPSA) is 28.2 Å². The molecule has 0 spiro atoms. The number of hydrogen-bond acceptors (Lipinski definition) is 4. The Kier molecular flexibility index (Phi) is 4.20. The second-order valence-corrected chi connectivity index (χ2v) is 5.26. The van der Waals surface area contributed by atoms with E-state index in [4.69, 9.17) is 0 Å². The monoisotopic (exact) mass is 261 g/mol. The molecule has 0 unspecified atom stereocenters. The van der Waals surface area contributed by atoms with Gasteiger partial charge in [-0.1, -0.05) is 19.1 Å². The van der Waals surface area contributed by atoms with Crippen LogP contribution in [0, 0.1) is 0 Å². The predicted molar refractivity (Wildman–Crippen MR) is 80.7 cm³/mol. The highest BCUT2D eigenvalue weighted by Crippen LogP contribution is 2.26. The second kappa shape index (κ2) is 5.87. The fourth-order valence-electron chi connectivity index (χ4n) is 1.65. The third kappa shape index (κ3) is 3.01. The minimum absolute atomic E-state index is 0.979. The Balaban J connectivity index is 2.13. The van der Waals surface area contributed by atoms with Crippen LogP contribution in [0.25, 0.3) is 11.3 Å². The molecule has 96 valence electrons. The lowest BCUT2D eigenvalue weighted by molar-refractivity contribution is 0.976. The van der Waals surface area contributed by atoms with Crippen molar-refractivity contribution in [2.24, 2.45) is 0 Å². The first-order valence-corrected chi connectivity index (χ1v) is 7.06. The van der Waals surface area contributed by atoms with E-state index in [1.165, 1.54) is 11.3 Å². The molecule has 0 saturated carbocycles. The molecular formula is C14H19N3S. The molecule has 3 nitrogen and oxygen atoms in total. The van der Waals surface area contributed by atoms with Crippen LogP contribution in [0.5, 0.6) is 0 Å². The van der Waals surface area contributed by atoms with Crippen molar-refractivity contribution in [1.29, 1.82) is 0 Å². The van der Waals surface area contributed by atoms with Crippen molar-refractivity contribution in [3.05, 3.63) is 29.6 Å². The minimum Gasteiger partial charge on any atom is -0.378 e. The average molecular weight is 261 g/mol. The number of rotatable bonds is 5. The van der Waals surface area contributed by atoms with Crippen LogP contribution in [0.3, 0.4) is 0 Å². The van der Waals surface area contributed by atoms with Crippen molar-refractivity contribution < 1.29 is 0 Å². The summed E-state index contributed by atoms with van der Waals surface area (Å²) in [4.78, 5) is 6.68. The smallest absolute Gasteiger partial charge is 0.183 e. The molecule has 18 heavy (non-hydrogen) atoms. The van der Waals surface area contributed by atoms with E-state index in [0.717, 1.165) is 23.8 Å². The van der Waals surface area contributed by atoms with Gasteiger partial charge in [-0.25, -0.2) is 4.98 Å². The summed E-state index contributed by atoms with van der Waals surface area (Å²) >= 11 is 1.66. The van der Waals surface area contributed by atoms with Gasteiger partial charge in [0.05, 0.1) is 5.69 Å². The first-order valence-electron chi connectivity index (χ1n) is 6.18. The van der Waals surface area contributed by atoms with E-state index in [0.29, 0.717) is 0 Å². The third-order valence-electron chi connectivity index (χ3n) is 2.71. The Morgan fingerprint density at radius 2 is 1.94 bits per heavy atom. The standard InChI is InChI=1S/C14H19N3S/c1-4-9-15-14-16-13(10-18-14)11-5-7-12(8-6-11)17(2)3/h5-8,10H,4,9H2,1-3H3,(H,15,16). The van der Waals surface area contributed by atoms with Gasteiger partial charge in [-0.3, -0.25) is 0 Å². The van der Waals surface area contributed by atoms with Gasteiger partial charge >= 0.3 is 0 Å². The molecule has 2 aromatic rings. The molecule has 1 heterocycles. The van der Waals surface area contributed by atoms with Crippen LogP contribution in [0.1, 0.15) is 13.3 Å². The zero-order valence-corrected chi connectivity index (χ0v) is 11.9. The van der Waals surface area contributed by atoms with Crippen molar-refractivity contribution in [2.75, 3.05) is 30.9 Å². The van der Waals surface area contributed by atoms with E-state index >= 15 is 0 Å². The van der Waals surface area contributed by atoms with Gasteiger partial charge in [0.25, 0.3) is 0 Å². The Hall–Kier alpha value is -1.55. The highest BCUT2D eigenvalue weighted by atomic mass is 32.1. The molecule has 1 aromatic carbocycles. The van der Waals surface area contributed by atoms with E-state index in [2.05, 4.69) is 51.8 Å². The lowest BCUT2D eigenvalue weighted by atomic mass is 10.1. The summed E-state index contributed by atoms with van der Waals surface area (Å²) in [6.45, 7) is 3.13. The number of aromatic nitrogens is 1. The van der Waals surface area contributed by atoms with E-state index < -0.39 is 0 Å². The molecule has 0 aliphatic rings. The predicted octanol–water partition coefficient (Wildman–Crippen LogP) is 3.70. The molecule has 0 saturated heterocycles. The molecule has 0 bridgehead atoms. The Bertz CT molecular complexity index is 488. The number of benzene rings is 1. The van der Waals surface area contributed by atoms with Crippen LogP contribution >= 0.6 is 11.3 Å². The molecule has 0 fully saturated rings. The maximum Gasteiger partial charge on any atom is 0.183 e. The van der Waals surface area contributed by atoms with Crippen molar-refractivity contribution in [2.45, 2.75) is 13.3 Å². The van der Waals surface area contributed by atoms with Crippen LogP contribution < -0.4 is 10.2 Å². The molecule has 1 N–H and O–H groups in total. The molecule has 0 radical (unpaired) electrons. The van der Waals surface area contributed by atoms with E-state index in [1.54, 1.807) is 11.3 Å². The summed E-state index contributed by atoms with van der Waals surface area (Å²) in [5.41, 5.74) is 3.42. The van der Waals surface area contributed by atoms with E-state index in [9.17, 15) is 0 Å². The number of anilines is 2. The third-order valence-corrected chi connectivity index (χ3v) is 3.51. The number of nitrogens with zero attached hydrogens (tertiary/aromatic N) is 2. The molecule has 0 atom stereocenters. The SMILES string of the molecule is CCCNc1nc(-c2ccc(N(C)C)cc2)cs1. The zero-order chi connectivity index (χ0) is 13.0. The Morgan fingerprint density at radius 1 is 1.22 bits per heavy atom. The van der Waals surface area contributed by atoms with Gasteiger partial charge in [0.2, 0.25) is 0 Å². The first kappa shape index (κ1) is 12.9. The zero-order valence-electron chi connectivity index (χ0n) is 11.1. The van der Waals surface area contributed by atoms with E-state index in [1.807, 2.05) is 14.1 Å². The lowest BCUT2D eigenvalue weighted by Crippen LogP contribution is -2.07. The van der Waals surface area contributed by atoms with Crippen LogP contribution in [-0.2, 0) is 0 Å². The van der Waals surface area contributed by atoms with Crippen LogP contribution in [0.4, 0.5) is 10.8 Å². The average Bonchev–Trinajstić information content (AvgIpc) is 2.85. The highest BCUT2D eigenvalue weighted by molar-refractivity contribution is 7.14. The van der Waals surface area contributed by atoms with Gasteiger partial charge in [-0.2, -0.15) is 0 Å². The van der Waals surface area contributed by atoms with E-state index in [-0.39, 0.29) is 0 Å². The van der Waals surface area contributed by atoms with Crippen molar-refractivity contribution in [3.8, 4) is 11.3 Å². The maximum absolute atomic E-state index is 4.59. The molecule has 4 heteroatoms. The fourth-order valence-corrected chi connectivity index (χ4v) is 2.40. The van der Waals surface area contributed by atoms with Crippen LogP contribution in [-0.4, -0.2) is 25.6 Å². The van der Waals surface area contributed by atoms with Crippen molar-refractivity contribution in [1.82, 2.24) is 4.98 Å². The lowest BCUT2D eigenvalue weighted by Gasteiger charge is -2.12. The van der Waals surface area contributed by atoms with Crippen molar-refractivity contribution >= 4 is 22.2 Å². The molecule has 0 amide bonds. The van der Waals surface area contributed by atoms with Gasteiger partial charge in [0, 0.05) is 37.3 Å². The summed E-state index contributed by atoms with van der Waals surface area (Å²) < 4.78 is 0. The fraction of sp³-hybridized carbons (Fsp3) is 0.357. The summed E-state index contributed by atoms with van der Waals surface area (Å²) in [6, 6.07) is 8.48.